The Labute approximate surface area is 161 Å². The Morgan fingerprint density at radius 3 is 2.73 bits per heavy atom. The molecule has 26 heavy (non-hydrogen) atoms. The number of benzene rings is 1. The summed E-state index contributed by atoms with van der Waals surface area (Å²) in [6.45, 7) is 7.32. The van der Waals surface area contributed by atoms with Crippen LogP contribution in [0.2, 0.25) is 5.02 Å². The minimum absolute atomic E-state index is 0.232. The molecule has 1 heterocycles. The highest BCUT2D eigenvalue weighted by Crippen LogP contribution is 2.36. The Kier molecular flexibility index (Phi) is 8.48. The van der Waals surface area contributed by atoms with Crippen LogP contribution in [0.5, 0.6) is 11.5 Å². The maximum absolute atomic E-state index is 10.9. The van der Waals surface area contributed by atoms with Crippen molar-refractivity contribution in [2.24, 2.45) is 11.7 Å². The second-order valence-electron chi connectivity index (χ2n) is 6.78. The fourth-order valence-corrected chi connectivity index (χ4v) is 3.60. The molecule has 0 atom stereocenters. The van der Waals surface area contributed by atoms with Crippen LogP contribution in [0.3, 0.4) is 0 Å². The number of hydrogen-bond donors (Lipinski definition) is 2. The first kappa shape index (κ1) is 20.8. The van der Waals surface area contributed by atoms with E-state index in [4.69, 9.17) is 26.8 Å². The van der Waals surface area contributed by atoms with Gasteiger partial charge in [0, 0.05) is 6.54 Å². The molecule has 1 amide bonds. The molecule has 0 saturated carbocycles. The maximum Gasteiger partial charge on any atom is 0.255 e. The summed E-state index contributed by atoms with van der Waals surface area (Å²) in [6, 6.07) is 3.70. The van der Waals surface area contributed by atoms with E-state index in [1.807, 2.05) is 12.1 Å². The molecule has 6 nitrogen and oxygen atoms in total. The molecular formula is C19H30ClN3O3. The number of nitrogens with one attached hydrogen (secondary N) is 1. The summed E-state index contributed by atoms with van der Waals surface area (Å²) in [5.74, 6) is 1.01. The van der Waals surface area contributed by atoms with Crippen LogP contribution in [0.4, 0.5) is 0 Å². The molecule has 1 aliphatic heterocycles. The Hall–Kier alpha value is -1.50. The van der Waals surface area contributed by atoms with Gasteiger partial charge in [-0.2, -0.15) is 0 Å². The van der Waals surface area contributed by atoms with Gasteiger partial charge >= 0.3 is 0 Å². The van der Waals surface area contributed by atoms with Crippen LogP contribution in [0.1, 0.15) is 31.7 Å². The average molecular weight is 384 g/mol. The number of halogens is 1. The van der Waals surface area contributed by atoms with Gasteiger partial charge in [-0.3, -0.25) is 4.79 Å². The number of hydrogen-bond acceptors (Lipinski definition) is 5. The standard InChI is InChI=1S/C19H30ClN3O3/c1-3-6-23-7-4-14(5-8-23)11-22-12-15-9-16(20)19(17(10-15)25-2)26-13-18(21)24/h9-10,14,22H,3-8,11-13H2,1-2H3,(H2,21,24). The predicted octanol–water partition coefficient (Wildman–Crippen LogP) is 2.42. The third-order valence-electron chi connectivity index (χ3n) is 4.66. The number of ether oxygens (including phenoxy) is 2. The van der Waals surface area contributed by atoms with E-state index in [0.717, 1.165) is 18.0 Å². The first-order chi connectivity index (χ1) is 12.5. The lowest BCUT2D eigenvalue weighted by molar-refractivity contribution is -0.119. The summed E-state index contributed by atoms with van der Waals surface area (Å²) >= 11 is 6.28. The molecule has 0 unspecified atom stereocenters. The third-order valence-corrected chi connectivity index (χ3v) is 4.94. The number of carbonyl (C=O) groups excluding carboxylic acids is 1. The zero-order chi connectivity index (χ0) is 18.9. The van der Waals surface area contributed by atoms with Gasteiger partial charge in [0.15, 0.2) is 18.1 Å². The molecule has 7 heteroatoms. The highest BCUT2D eigenvalue weighted by Gasteiger charge is 2.18. The van der Waals surface area contributed by atoms with Gasteiger partial charge in [-0.15, -0.1) is 0 Å². The molecular weight excluding hydrogens is 354 g/mol. The van der Waals surface area contributed by atoms with Gasteiger partial charge in [0.1, 0.15) is 0 Å². The van der Waals surface area contributed by atoms with Crippen LogP contribution in [-0.4, -0.2) is 50.7 Å². The molecule has 1 aromatic carbocycles. The van der Waals surface area contributed by atoms with Gasteiger partial charge in [-0.25, -0.2) is 0 Å². The number of amides is 1. The van der Waals surface area contributed by atoms with Crippen molar-refractivity contribution < 1.29 is 14.3 Å². The highest BCUT2D eigenvalue weighted by molar-refractivity contribution is 6.32. The maximum atomic E-state index is 10.9. The van der Waals surface area contributed by atoms with E-state index in [-0.39, 0.29) is 6.61 Å². The van der Waals surface area contributed by atoms with Crippen LogP contribution in [0, 0.1) is 5.92 Å². The molecule has 0 aromatic heterocycles. The van der Waals surface area contributed by atoms with Crippen LogP contribution in [0.25, 0.3) is 0 Å². The van der Waals surface area contributed by atoms with Crippen molar-refractivity contribution in [1.82, 2.24) is 10.2 Å². The van der Waals surface area contributed by atoms with Crippen molar-refractivity contribution in [3.63, 3.8) is 0 Å². The molecule has 0 bridgehead atoms. The SMILES string of the molecule is CCCN1CCC(CNCc2cc(Cl)c(OCC(N)=O)c(OC)c2)CC1. The van der Waals surface area contributed by atoms with Crippen molar-refractivity contribution in [1.29, 1.82) is 0 Å². The minimum atomic E-state index is -0.557. The van der Waals surface area contributed by atoms with E-state index >= 15 is 0 Å². The summed E-state index contributed by atoms with van der Waals surface area (Å²) < 4.78 is 10.7. The minimum Gasteiger partial charge on any atom is -0.493 e. The summed E-state index contributed by atoms with van der Waals surface area (Å²) in [5.41, 5.74) is 6.13. The fourth-order valence-electron chi connectivity index (χ4n) is 3.31. The number of methoxy groups -OCH3 is 1. The van der Waals surface area contributed by atoms with Crippen molar-refractivity contribution in [2.75, 3.05) is 39.9 Å². The Morgan fingerprint density at radius 2 is 2.12 bits per heavy atom. The summed E-state index contributed by atoms with van der Waals surface area (Å²) in [6.07, 6.45) is 3.72. The Bertz CT molecular complexity index is 590. The second-order valence-corrected chi connectivity index (χ2v) is 7.19. The topological polar surface area (TPSA) is 76.8 Å². The smallest absolute Gasteiger partial charge is 0.255 e. The molecule has 2 rings (SSSR count). The monoisotopic (exact) mass is 383 g/mol. The van der Waals surface area contributed by atoms with Crippen LogP contribution < -0.4 is 20.5 Å². The first-order valence-corrected chi connectivity index (χ1v) is 9.61. The highest BCUT2D eigenvalue weighted by atomic mass is 35.5. The summed E-state index contributed by atoms with van der Waals surface area (Å²) in [4.78, 5) is 13.4. The largest absolute Gasteiger partial charge is 0.493 e. The number of likely N-dealkylation sites (tertiary alicyclic amines) is 1. The number of nitrogens with zero attached hydrogens (tertiary/aromatic N) is 1. The van der Waals surface area contributed by atoms with Crippen LogP contribution in [0.15, 0.2) is 12.1 Å². The van der Waals surface area contributed by atoms with Crippen molar-refractivity contribution >= 4 is 17.5 Å². The van der Waals surface area contributed by atoms with Gasteiger partial charge < -0.3 is 25.4 Å². The van der Waals surface area contributed by atoms with Crippen LogP contribution >= 0.6 is 11.6 Å². The van der Waals surface area contributed by atoms with E-state index in [1.165, 1.54) is 38.9 Å². The van der Waals surface area contributed by atoms with Gasteiger partial charge in [-0.05, 0) is 69.1 Å². The van der Waals surface area contributed by atoms with Gasteiger partial charge in [0.05, 0.1) is 12.1 Å². The zero-order valence-electron chi connectivity index (χ0n) is 15.7. The molecule has 0 radical (unpaired) electrons. The molecule has 0 spiro atoms. The number of rotatable bonds is 10. The number of nitrogens with two attached hydrogens (primary N) is 1. The van der Waals surface area contributed by atoms with Crippen molar-refractivity contribution in [2.45, 2.75) is 32.7 Å². The molecule has 1 aromatic rings. The predicted molar refractivity (Wildman–Crippen MR) is 104 cm³/mol. The normalized spacial score (nSPS) is 15.8. The Balaban J connectivity index is 1.84. The van der Waals surface area contributed by atoms with E-state index in [9.17, 15) is 4.79 Å². The third kappa shape index (κ3) is 6.34. The quantitative estimate of drug-likeness (QED) is 0.648. The zero-order valence-corrected chi connectivity index (χ0v) is 16.5. The van der Waals surface area contributed by atoms with E-state index in [2.05, 4.69) is 17.1 Å². The number of carbonyl (C=O) groups is 1. The molecule has 1 aliphatic rings. The molecule has 0 aliphatic carbocycles. The average Bonchev–Trinajstić information content (AvgIpc) is 2.62. The lowest BCUT2D eigenvalue weighted by Crippen LogP contribution is -2.37. The van der Waals surface area contributed by atoms with E-state index in [0.29, 0.717) is 23.1 Å². The van der Waals surface area contributed by atoms with Crippen LogP contribution in [-0.2, 0) is 11.3 Å². The van der Waals surface area contributed by atoms with E-state index in [1.54, 1.807) is 7.11 Å². The molecule has 1 saturated heterocycles. The van der Waals surface area contributed by atoms with Crippen molar-refractivity contribution in [3.8, 4) is 11.5 Å². The van der Waals surface area contributed by atoms with Gasteiger partial charge in [0.2, 0.25) is 0 Å². The Morgan fingerprint density at radius 1 is 1.38 bits per heavy atom. The van der Waals surface area contributed by atoms with E-state index < -0.39 is 5.91 Å². The number of piperidine rings is 1. The molecule has 1 fully saturated rings. The summed E-state index contributed by atoms with van der Waals surface area (Å²) in [7, 11) is 1.55. The number of primary amides is 1. The molecule has 146 valence electrons. The second kappa shape index (κ2) is 10.6. The fraction of sp³-hybridized carbons (Fsp3) is 0.632. The van der Waals surface area contributed by atoms with Crippen molar-refractivity contribution in [3.05, 3.63) is 22.7 Å². The lowest BCUT2D eigenvalue weighted by Gasteiger charge is -2.31. The lowest BCUT2D eigenvalue weighted by atomic mass is 9.96. The molecule has 3 N–H and O–H groups in total. The first-order valence-electron chi connectivity index (χ1n) is 9.24. The van der Waals surface area contributed by atoms with Gasteiger partial charge in [0.25, 0.3) is 5.91 Å². The van der Waals surface area contributed by atoms with Gasteiger partial charge in [-0.1, -0.05) is 18.5 Å². The summed E-state index contributed by atoms with van der Waals surface area (Å²) in [5, 5.41) is 3.93.